The first kappa shape index (κ1) is 16.7. The Morgan fingerprint density at radius 3 is 2.50 bits per heavy atom. The summed E-state index contributed by atoms with van der Waals surface area (Å²) in [5, 5.41) is 9.12. The van der Waals surface area contributed by atoms with Crippen LogP contribution in [0.4, 0.5) is 0 Å². The van der Waals surface area contributed by atoms with Crippen LogP contribution in [0.15, 0.2) is 78.0 Å². The molecule has 6 nitrogen and oxygen atoms in total. The highest BCUT2D eigenvalue weighted by molar-refractivity contribution is 7.99. The maximum absolute atomic E-state index is 12.5. The van der Waals surface area contributed by atoms with E-state index in [4.69, 9.17) is 0 Å². The minimum Gasteiger partial charge on any atom is -0.333 e. The number of Topliss-reactive ketones (excluding diaryl/α,β-unsaturated/α-hetero) is 1. The molecule has 5 aromatic rings. The van der Waals surface area contributed by atoms with Gasteiger partial charge in [0.15, 0.2) is 10.9 Å². The van der Waals surface area contributed by atoms with E-state index in [-0.39, 0.29) is 5.78 Å². The van der Waals surface area contributed by atoms with Crippen LogP contribution in [0.3, 0.4) is 0 Å². The van der Waals surface area contributed by atoms with Gasteiger partial charge in [-0.05, 0) is 48.5 Å². The normalized spacial score (nSPS) is 11.3. The third-order valence-electron chi connectivity index (χ3n) is 4.49. The minimum absolute atomic E-state index is 0.0560. The van der Waals surface area contributed by atoms with E-state index in [1.165, 1.54) is 11.8 Å². The average Bonchev–Trinajstić information content (AvgIpc) is 3.36. The molecular formula is C21H15N5OS. The summed E-state index contributed by atoms with van der Waals surface area (Å²) in [6, 6.07) is 23.0. The largest absolute Gasteiger partial charge is 0.333 e. The van der Waals surface area contributed by atoms with Crippen LogP contribution in [-0.2, 0) is 0 Å². The second kappa shape index (κ2) is 6.94. The summed E-state index contributed by atoms with van der Waals surface area (Å²) in [5.74, 6) is 0.381. The third kappa shape index (κ3) is 3.05. The SMILES string of the molecule is O=C(CSc1nc2ccccc2[nH]1)c1ccc(-n2nnc3ccccc32)cc1. The summed E-state index contributed by atoms with van der Waals surface area (Å²) in [6.07, 6.45) is 0. The smallest absolute Gasteiger partial charge is 0.173 e. The molecule has 0 aliphatic rings. The highest BCUT2D eigenvalue weighted by atomic mass is 32.2. The van der Waals surface area contributed by atoms with Gasteiger partial charge in [0.2, 0.25) is 0 Å². The first-order valence-electron chi connectivity index (χ1n) is 8.79. The standard InChI is InChI=1S/C21H15N5OS/c27-20(13-28-21-22-16-5-1-2-6-17(16)23-21)14-9-11-15(12-10-14)26-19-8-4-3-7-18(19)24-25-26/h1-12H,13H2,(H,22,23). The molecule has 3 aromatic carbocycles. The molecule has 0 aliphatic carbocycles. The second-order valence-corrected chi connectivity index (χ2v) is 7.27. The number of imidazole rings is 1. The van der Waals surface area contributed by atoms with Crippen LogP contribution in [-0.4, -0.2) is 36.5 Å². The monoisotopic (exact) mass is 385 g/mol. The van der Waals surface area contributed by atoms with Crippen molar-refractivity contribution in [3.05, 3.63) is 78.4 Å². The fraction of sp³-hybridized carbons (Fsp3) is 0.0476. The van der Waals surface area contributed by atoms with Crippen LogP contribution in [0.2, 0.25) is 0 Å². The topological polar surface area (TPSA) is 76.5 Å². The molecule has 136 valence electrons. The van der Waals surface area contributed by atoms with Crippen molar-refractivity contribution in [3.8, 4) is 5.69 Å². The van der Waals surface area contributed by atoms with Crippen molar-refractivity contribution in [1.82, 2.24) is 25.0 Å². The average molecular weight is 385 g/mol. The van der Waals surface area contributed by atoms with Gasteiger partial charge in [-0.15, -0.1) is 5.10 Å². The lowest BCUT2D eigenvalue weighted by molar-refractivity contribution is 0.102. The summed E-state index contributed by atoms with van der Waals surface area (Å²) in [4.78, 5) is 20.3. The molecule has 0 aliphatic heterocycles. The molecule has 0 unspecified atom stereocenters. The Hall–Kier alpha value is -3.45. The predicted molar refractivity (Wildman–Crippen MR) is 110 cm³/mol. The molecule has 1 N–H and O–H groups in total. The van der Waals surface area contributed by atoms with Gasteiger partial charge >= 0.3 is 0 Å². The van der Waals surface area contributed by atoms with Crippen LogP contribution in [0.25, 0.3) is 27.8 Å². The molecule has 0 spiro atoms. The summed E-state index contributed by atoms with van der Waals surface area (Å²) < 4.78 is 1.77. The lowest BCUT2D eigenvalue weighted by atomic mass is 10.1. The predicted octanol–water partition coefficient (Wildman–Crippen LogP) is 4.27. The fourth-order valence-corrected chi connectivity index (χ4v) is 3.84. The highest BCUT2D eigenvalue weighted by Gasteiger charge is 2.11. The Balaban J connectivity index is 1.31. The highest BCUT2D eigenvalue weighted by Crippen LogP contribution is 2.21. The molecule has 7 heteroatoms. The van der Waals surface area contributed by atoms with E-state index in [0.29, 0.717) is 11.3 Å². The molecule has 5 rings (SSSR count). The van der Waals surface area contributed by atoms with Crippen molar-refractivity contribution >= 4 is 39.6 Å². The van der Waals surface area contributed by atoms with Crippen LogP contribution in [0, 0.1) is 0 Å². The van der Waals surface area contributed by atoms with Gasteiger partial charge in [0, 0.05) is 5.56 Å². The van der Waals surface area contributed by atoms with Crippen molar-refractivity contribution in [1.29, 1.82) is 0 Å². The number of rotatable bonds is 5. The number of thioether (sulfide) groups is 1. The van der Waals surface area contributed by atoms with Gasteiger partial charge in [-0.2, -0.15) is 0 Å². The van der Waals surface area contributed by atoms with Gasteiger partial charge in [0.25, 0.3) is 0 Å². The molecule has 2 aromatic heterocycles. The Morgan fingerprint density at radius 1 is 0.929 bits per heavy atom. The molecule has 0 radical (unpaired) electrons. The number of ketones is 1. The zero-order valence-corrected chi connectivity index (χ0v) is 15.6. The third-order valence-corrected chi connectivity index (χ3v) is 5.37. The van der Waals surface area contributed by atoms with Crippen molar-refractivity contribution in [2.45, 2.75) is 5.16 Å². The number of benzene rings is 3. The number of carbonyl (C=O) groups excluding carboxylic acids is 1. The first-order valence-corrected chi connectivity index (χ1v) is 9.78. The molecule has 0 fully saturated rings. The molecule has 0 saturated heterocycles. The first-order chi connectivity index (χ1) is 13.8. The number of aromatic amines is 1. The van der Waals surface area contributed by atoms with Crippen molar-refractivity contribution < 1.29 is 4.79 Å². The van der Waals surface area contributed by atoms with Crippen LogP contribution >= 0.6 is 11.8 Å². The number of nitrogens with zero attached hydrogens (tertiary/aromatic N) is 4. The van der Waals surface area contributed by atoms with Gasteiger partial charge in [0.1, 0.15) is 5.52 Å². The van der Waals surface area contributed by atoms with Crippen molar-refractivity contribution in [3.63, 3.8) is 0 Å². The van der Waals surface area contributed by atoms with Crippen LogP contribution in [0.5, 0.6) is 0 Å². The van der Waals surface area contributed by atoms with Gasteiger partial charge < -0.3 is 4.98 Å². The number of para-hydroxylation sites is 3. The van der Waals surface area contributed by atoms with Gasteiger partial charge in [-0.3, -0.25) is 4.79 Å². The van der Waals surface area contributed by atoms with Gasteiger partial charge in [-0.1, -0.05) is 41.2 Å². The molecule has 2 heterocycles. The van der Waals surface area contributed by atoms with Crippen LogP contribution in [0.1, 0.15) is 10.4 Å². The van der Waals surface area contributed by atoms with Gasteiger partial charge in [-0.25, -0.2) is 9.67 Å². The number of aromatic nitrogens is 5. The fourth-order valence-electron chi connectivity index (χ4n) is 3.06. The maximum Gasteiger partial charge on any atom is 0.173 e. The summed E-state index contributed by atoms with van der Waals surface area (Å²) in [7, 11) is 0. The van der Waals surface area contributed by atoms with E-state index in [0.717, 1.165) is 32.9 Å². The molecular weight excluding hydrogens is 370 g/mol. The molecule has 0 bridgehead atoms. The summed E-state index contributed by atoms with van der Waals surface area (Å²) in [5.41, 5.74) is 5.18. The number of fused-ring (bicyclic) bond motifs is 2. The Bertz CT molecular complexity index is 1260. The van der Waals surface area contributed by atoms with E-state index >= 15 is 0 Å². The van der Waals surface area contributed by atoms with E-state index in [1.807, 2.05) is 72.8 Å². The van der Waals surface area contributed by atoms with Crippen molar-refractivity contribution in [2.24, 2.45) is 0 Å². The molecule has 0 saturated carbocycles. The zero-order chi connectivity index (χ0) is 18.9. The second-order valence-electron chi connectivity index (χ2n) is 6.31. The van der Waals surface area contributed by atoms with E-state index in [1.54, 1.807) is 4.68 Å². The number of carbonyl (C=O) groups is 1. The minimum atomic E-state index is 0.0560. The summed E-state index contributed by atoms with van der Waals surface area (Å²) >= 11 is 1.41. The Morgan fingerprint density at radius 2 is 1.68 bits per heavy atom. The lowest BCUT2D eigenvalue weighted by Gasteiger charge is -2.04. The quantitative estimate of drug-likeness (QED) is 0.361. The number of hydrogen-bond donors (Lipinski definition) is 1. The lowest BCUT2D eigenvalue weighted by Crippen LogP contribution is -2.03. The van der Waals surface area contributed by atoms with E-state index < -0.39 is 0 Å². The molecule has 28 heavy (non-hydrogen) atoms. The van der Waals surface area contributed by atoms with E-state index in [2.05, 4.69) is 20.3 Å². The Labute approximate surface area is 164 Å². The van der Waals surface area contributed by atoms with Crippen molar-refractivity contribution in [2.75, 3.05) is 5.75 Å². The zero-order valence-electron chi connectivity index (χ0n) is 14.7. The number of nitrogens with one attached hydrogen (secondary N) is 1. The number of H-pyrrole nitrogens is 1. The Kier molecular flexibility index (Phi) is 4.14. The number of hydrogen-bond acceptors (Lipinski definition) is 5. The molecule has 0 amide bonds. The molecule has 0 atom stereocenters. The van der Waals surface area contributed by atoms with Crippen LogP contribution < -0.4 is 0 Å². The summed E-state index contributed by atoms with van der Waals surface area (Å²) in [6.45, 7) is 0. The van der Waals surface area contributed by atoms with Gasteiger partial charge in [0.05, 0.1) is 28.0 Å². The maximum atomic E-state index is 12.5. The van der Waals surface area contributed by atoms with E-state index in [9.17, 15) is 4.79 Å².